The molecular formula is C9H9F3N2O2S2. The summed E-state index contributed by atoms with van der Waals surface area (Å²) in [5.41, 5.74) is 8.55. The zero-order valence-electron chi connectivity index (χ0n) is 8.77. The molecule has 1 amide bonds. The molecule has 0 unspecified atom stereocenters. The number of thiol groups is 1. The molecule has 0 aliphatic rings. The number of hydrogen-bond acceptors (Lipinski definition) is 3. The number of halogens is 3. The van der Waals surface area contributed by atoms with Gasteiger partial charge in [-0.25, -0.2) is 0 Å². The number of thiocarbonyl (C=S) groups is 1. The number of amides is 1. The largest absolute Gasteiger partial charge is 0.432 e. The van der Waals surface area contributed by atoms with Crippen molar-refractivity contribution in [2.75, 3.05) is 0 Å². The fourth-order valence-electron chi connectivity index (χ4n) is 0.852. The van der Waals surface area contributed by atoms with E-state index in [0.29, 0.717) is 0 Å². The lowest BCUT2D eigenvalue weighted by Crippen LogP contribution is -2.16. The molecule has 0 heterocycles. The van der Waals surface area contributed by atoms with Crippen LogP contribution in [0.25, 0.3) is 0 Å². The van der Waals surface area contributed by atoms with E-state index in [4.69, 9.17) is 10.5 Å². The number of nitrogens with two attached hydrogens (primary N) is 2. The summed E-state index contributed by atoms with van der Waals surface area (Å²) >= 11 is 7.49. The minimum Gasteiger partial charge on any atom is -0.432 e. The minimum absolute atomic E-state index is 0.0210. The second-order valence-corrected chi connectivity index (χ2v) is 3.63. The number of alkyl halides is 3. The topological polar surface area (TPSA) is 78.3 Å². The first-order valence-electron chi connectivity index (χ1n) is 4.26. The van der Waals surface area contributed by atoms with Crippen molar-refractivity contribution in [1.82, 2.24) is 0 Å². The zero-order valence-corrected chi connectivity index (χ0v) is 10.5. The third-order valence-electron chi connectivity index (χ3n) is 1.38. The average Bonchev–Trinajstić information content (AvgIpc) is 2.14. The highest BCUT2D eigenvalue weighted by atomic mass is 32.1. The molecule has 4 N–H and O–H groups in total. The number of carbonyl (C=O) groups excluding carboxylic acids is 1. The predicted molar refractivity (Wildman–Crippen MR) is 67.4 cm³/mol. The molecule has 0 saturated heterocycles. The Kier molecular flexibility index (Phi) is 6.48. The maximum Gasteiger partial charge on any atom is 0.416 e. The molecule has 0 radical (unpaired) electrons. The summed E-state index contributed by atoms with van der Waals surface area (Å²) in [4.78, 5) is 9.09. The molecular weight excluding hydrogens is 289 g/mol. The van der Waals surface area contributed by atoms with Crippen molar-refractivity contribution in [3.8, 4) is 5.75 Å². The van der Waals surface area contributed by atoms with E-state index >= 15 is 0 Å². The lowest BCUT2D eigenvalue weighted by atomic mass is 10.2. The van der Waals surface area contributed by atoms with Crippen LogP contribution in [0.1, 0.15) is 5.56 Å². The van der Waals surface area contributed by atoms with Gasteiger partial charge in [-0.15, -0.1) is 0 Å². The number of benzene rings is 1. The fourth-order valence-corrected chi connectivity index (χ4v) is 0.948. The molecule has 18 heavy (non-hydrogen) atoms. The Morgan fingerprint density at radius 1 is 1.33 bits per heavy atom. The maximum absolute atomic E-state index is 12.2. The molecule has 0 bridgehead atoms. The Morgan fingerprint density at radius 3 is 2.22 bits per heavy atom. The smallest absolute Gasteiger partial charge is 0.416 e. The molecule has 100 valence electrons. The number of hydrogen-bond donors (Lipinski definition) is 3. The van der Waals surface area contributed by atoms with Gasteiger partial charge in [0.05, 0.1) is 5.56 Å². The van der Waals surface area contributed by atoms with E-state index in [2.05, 4.69) is 35.3 Å². The van der Waals surface area contributed by atoms with E-state index in [0.717, 1.165) is 12.1 Å². The summed E-state index contributed by atoms with van der Waals surface area (Å²) in [6, 6.07) is 4.33. The first-order chi connectivity index (χ1) is 8.12. The molecule has 0 atom stereocenters. The van der Waals surface area contributed by atoms with E-state index in [9.17, 15) is 13.2 Å². The van der Waals surface area contributed by atoms with Gasteiger partial charge in [0.2, 0.25) is 0 Å². The maximum atomic E-state index is 12.2. The van der Waals surface area contributed by atoms with Crippen molar-refractivity contribution in [3.05, 3.63) is 29.8 Å². The third kappa shape index (κ3) is 7.74. The van der Waals surface area contributed by atoms with Crippen LogP contribution in [0.4, 0.5) is 18.0 Å². The Morgan fingerprint density at radius 2 is 1.83 bits per heavy atom. The van der Waals surface area contributed by atoms with Crippen LogP contribution in [0.5, 0.6) is 5.75 Å². The highest BCUT2D eigenvalue weighted by Crippen LogP contribution is 2.31. The van der Waals surface area contributed by atoms with Crippen molar-refractivity contribution in [2.45, 2.75) is 6.18 Å². The van der Waals surface area contributed by atoms with Gasteiger partial charge in [0.15, 0.2) is 0 Å². The van der Waals surface area contributed by atoms with E-state index in [-0.39, 0.29) is 10.9 Å². The van der Waals surface area contributed by atoms with Crippen LogP contribution < -0.4 is 16.2 Å². The molecule has 9 heteroatoms. The SMILES string of the molecule is NC(=O)S.NC(=S)Oc1cccc(C(F)(F)F)c1. The molecule has 1 aromatic rings. The van der Waals surface area contributed by atoms with Gasteiger partial charge < -0.3 is 16.2 Å². The molecule has 1 rings (SSSR count). The fraction of sp³-hybridized carbons (Fsp3) is 0.111. The molecule has 0 aliphatic carbocycles. The molecule has 1 aromatic carbocycles. The van der Waals surface area contributed by atoms with Crippen LogP contribution in [0, 0.1) is 0 Å². The van der Waals surface area contributed by atoms with Crippen LogP contribution in [0.3, 0.4) is 0 Å². The standard InChI is InChI=1S/C8H6F3NOS.CH3NOS/c9-8(10,11)5-2-1-3-6(4-5)13-7(12)14;2-1(3)4/h1-4H,(H2,12,14);(H3,2,3,4). The Bertz CT molecular complexity index is 434. The van der Waals surface area contributed by atoms with Crippen LogP contribution >= 0.6 is 24.8 Å². The summed E-state index contributed by atoms with van der Waals surface area (Å²) in [5.74, 6) is -0.0210. The Balaban J connectivity index is 0.000000631. The lowest BCUT2D eigenvalue weighted by molar-refractivity contribution is -0.137. The normalized spacial score (nSPS) is 10.0. The average molecular weight is 298 g/mol. The summed E-state index contributed by atoms with van der Waals surface area (Å²) in [6.07, 6.45) is -4.39. The number of ether oxygens (including phenoxy) is 1. The van der Waals surface area contributed by atoms with Gasteiger partial charge in [-0.05, 0) is 30.4 Å². The van der Waals surface area contributed by atoms with E-state index in [1.165, 1.54) is 12.1 Å². The molecule has 0 fully saturated rings. The van der Waals surface area contributed by atoms with Gasteiger partial charge in [-0.3, -0.25) is 4.79 Å². The predicted octanol–water partition coefficient (Wildman–Crippen LogP) is 2.32. The highest BCUT2D eigenvalue weighted by molar-refractivity contribution is 7.96. The summed E-state index contributed by atoms with van der Waals surface area (Å²) < 4.78 is 41.2. The highest BCUT2D eigenvalue weighted by Gasteiger charge is 2.30. The van der Waals surface area contributed by atoms with Gasteiger partial charge >= 0.3 is 6.18 Å². The van der Waals surface area contributed by atoms with Crippen LogP contribution in [0.15, 0.2) is 24.3 Å². The van der Waals surface area contributed by atoms with Crippen molar-refractivity contribution >= 4 is 35.3 Å². The summed E-state index contributed by atoms with van der Waals surface area (Å²) in [5, 5.41) is -0.954. The number of carbonyl (C=O) groups is 1. The molecule has 0 spiro atoms. The quantitative estimate of drug-likeness (QED) is 0.549. The van der Waals surface area contributed by atoms with Gasteiger partial charge in [0, 0.05) is 0 Å². The third-order valence-corrected chi connectivity index (χ3v) is 1.46. The first kappa shape index (κ1) is 16.5. The van der Waals surface area contributed by atoms with Crippen LogP contribution in [0.2, 0.25) is 0 Å². The molecule has 0 aliphatic heterocycles. The number of rotatable bonds is 1. The van der Waals surface area contributed by atoms with Crippen molar-refractivity contribution in [1.29, 1.82) is 0 Å². The Labute approximate surface area is 111 Å². The molecule has 0 aromatic heterocycles. The van der Waals surface area contributed by atoms with Gasteiger partial charge in [-0.2, -0.15) is 13.2 Å². The minimum atomic E-state index is -4.39. The number of primary amides is 1. The lowest BCUT2D eigenvalue weighted by Gasteiger charge is -2.08. The molecule has 4 nitrogen and oxygen atoms in total. The van der Waals surface area contributed by atoms with Gasteiger partial charge in [-0.1, -0.05) is 18.7 Å². The first-order valence-corrected chi connectivity index (χ1v) is 5.11. The van der Waals surface area contributed by atoms with Crippen molar-refractivity contribution in [2.24, 2.45) is 11.5 Å². The van der Waals surface area contributed by atoms with Crippen LogP contribution in [-0.2, 0) is 6.18 Å². The monoisotopic (exact) mass is 298 g/mol. The van der Waals surface area contributed by atoms with E-state index < -0.39 is 17.0 Å². The zero-order chi connectivity index (χ0) is 14.3. The van der Waals surface area contributed by atoms with Crippen molar-refractivity contribution < 1.29 is 22.7 Å². The second kappa shape index (κ2) is 7.07. The summed E-state index contributed by atoms with van der Waals surface area (Å²) in [6.45, 7) is 0. The second-order valence-electron chi connectivity index (χ2n) is 2.78. The van der Waals surface area contributed by atoms with E-state index in [1.807, 2.05) is 0 Å². The van der Waals surface area contributed by atoms with E-state index in [1.54, 1.807) is 0 Å². The van der Waals surface area contributed by atoms with Gasteiger partial charge in [0.1, 0.15) is 5.75 Å². The van der Waals surface area contributed by atoms with Gasteiger partial charge in [0.25, 0.3) is 10.4 Å². The summed E-state index contributed by atoms with van der Waals surface area (Å²) in [7, 11) is 0. The van der Waals surface area contributed by atoms with Crippen molar-refractivity contribution in [3.63, 3.8) is 0 Å². The molecule has 0 saturated carbocycles. The Hall–Kier alpha value is -1.48. The van der Waals surface area contributed by atoms with Crippen LogP contribution in [-0.4, -0.2) is 10.4 Å².